The molecule has 0 unspecified atom stereocenters. The van der Waals surface area contributed by atoms with E-state index in [1.54, 1.807) is 7.11 Å². The van der Waals surface area contributed by atoms with E-state index in [1.807, 2.05) is 17.9 Å². The van der Waals surface area contributed by atoms with Crippen molar-refractivity contribution in [3.05, 3.63) is 47.3 Å². The minimum absolute atomic E-state index is 0.794. The molecule has 0 atom stereocenters. The van der Waals surface area contributed by atoms with Gasteiger partial charge in [-0.25, -0.2) is 0 Å². The van der Waals surface area contributed by atoms with E-state index in [0.29, 0.717) is 0 Å². The Labute approximate surface area is 156 Å². The molecule has 1 aromatic carbocycles. The van der Waals surface area contributed by atoms with Crippen molar-refractivity contribution in [2.24, 2.45) is 12.0 Å². The molecule has 1 aromatic heterocycles. The monoisotopic (exact) mass is 357 g/mol. The number of ether oxygens (including phenoxy) is 1. The summed E-state index contributed by atoms with van der Waals surface area (Å²) in [4.78, 5) is 4.66. The molecule has 0 aliphatic rings. The van der Waals surface area contributed by atoms with Crippen LogP contribution < -0.4 is 15.4 Å². The van der Waals surface area contributed by atoms with E-state index in [9.17, 15) is 0 Å². The highest BCUT2D eigenvalue weighted by Gasteiger charge is 2.02. The van der Waals surface area contributed by atoms with E-state index in [1.165, 1.54) is 11.1 Å². The summed E-state index contributed by atoms with van der Waals surface area (Å²) in [6.45, 7) is 6.62. The number of nitrogens with zero attached hydrogens (tertiary/aromatic N) is 3. The molecule has 0 spiro atoms. The number of guanidine groups is 1. The van der Waals surface area contributed by atoms with Gasteiger partial charge in [-0.05, 0) is 55.9 Å². The molecule has 2 aromatic rings. The van der Waals surface area contributed by atoms with Crippen molar-refractivity contribution < 1.29 is 4.74 Å². The van der Waals surface area contributed by atoms with Crippen LogP contribution in [-0.4, -0.2) is 42.5 Å². The van der Waals surface area contributed by atoms with Crippen LogP contribution in [0.25, 0.3) is 0 Å². The fraction of sp³-hybridized carbons (Fsp3) is 0.500. The standard InChI is InChI=1S/C20H31N5O/c1-5-21-20(22-11-6-7-18-14-24-25(3)15-18)23-12-10-17-9-8-16(2)19(13-17)26-4/h8-9,13-15H,5-7,10-12H2,1-4H3,(H2,21,22,23). The largest absolute Gasteiger partial charge is 0.496 e. The van der Waals surface area contributed by atoms with Gasteiger partial charge in [-0.15, -0.1) is 0 Å². The van der Waals surface area contributed by atoms with Gasteiger partial charge >= 0.3 is 0 Å². The van der Waals surface area contributed by atoms with Crippen LogP contribution in [0.3, 0.4) is 0 Å². The zero-order valence-electron chi connectivity index (χ0n) is 16.4. The second kappa shape index (κ2) is 10.5. The van der Waals surface area contributed by atoms with Gasteiger partial charge in [-0.1, -0.05) is 12.1 Å². The number of rotatable bonds is 9. The first-order chi connectivity index (χ1) is 12.6. The zero-order valence-corrected chi connectivity index (χ0v) is 16.4. The maximum atomic E-state index is 5.39. The van der Waals surface area contributed by atoms with Crippen LogP contribution in [0.5, 0.6) is 5.75 Å². The van der Waals surface area contributed by atoms with Gasteiger partial charge in [-0.3, -0.25) is 9.67 Å². The van der Waals surface area contributed by atoms with Gasteiger partial charge < -0.3 is 15.4 Å². The third-order valence-corrected chi connectivity index (χ3v) is 4.17. The molecule has 0 fully saturated rings. The van der Waals surface area contributed by atoms with Crippen LogP contribution >= 0.6 is 0 Å². The van der Waals surface area contributed by atoms with E-state index in [-0.39, 0.29) is 0 Å². The number of methoxy groups -OCH3 is 1. The molecule has 0 bridgehead atoms. The Morgan fingerprint density at radius 3 is 2.77 bits per heavy atom. The van der Waals surface area contributed by atoms with Gasteiger partial charge in [0.25, 0.3) is 0 Å². The maximum Gasteiger partial charge on any atom is 0.191 e. The number of aryl methyl sites for hydroxylation is 3. The van der Waals surface area contributed by atoms with Crippen molar-refractivity contribution in [3.8, 4) is 5.75 Å². The zero-order chi connectivity index (χ0) is 18.8. The van der Waals surface area contributed by atoms with Crippen molar-refractivity contribution in [2.45, 2.75) is 33.1 Å². The van der Waals surface area contributed by atoms with Crippen molar-refractivity contribution >= 4 is 5.96 Å². The van der Waals surface area contributed by atoms with E-state index in [4.69, 9.17) is 4.74 Å². The molecule has 0 saturated heterocycles. The second-order valence-electron chi connectivity index (χ2n) is 6.37. The predicted molar refractivity (Wildman–Crippen MR) is 107 cm³/mol. The molecule has 0 radical (unpaired) electrons. The molecule has 0 aliphatic carbocycles. The van der Waals surface area contributed by atoms with Crippen molar-refractivity contribution in [1.82, 2.24) is 20.4 Å². The van der Waals surface area contributed by atoms with Crippen molar-refractivity contribution in [2.75, 3.05) is 26.7 Å². The normalized spacial score (nSPS) is 11.5. The van der Waals surface area contributed by atoms with Crippen LogP contribution in [0.1, 0.15) is 30.0 Å². The molecule has 1 heterocycles. The topological polar surface area (TPSA) is 63.5 Å². The minimum atomic E-state index is 0.794. The number of hydrogen-bond acceptors (Lipinski definition) is 3. The minimum Gasteiger partial charge on any atom is -0.496 e. The van der Waals surface area contributed by atoms with Gasteiger partial charge in [0.1, 0.15) is 5.75 Å². The number of aromatic nitrogens is 2. The lowest BCUT2D eigenvalue weighted by molar-refractivity contribution is 0.411. The Kier molecular flexibility index (Phi) is 7.99. The summed E-state index contributed by atoms with van der Waals surface area (Å²) in [7, 11) is 3.66. The van der Waals surface area contributed by atoms with Gasteiger partial charge in [0, 0.05) is 32.9 Å². The lowest BCUT2D eigenvalue weighted by atomic mass is 10.1. The number of nitrogens with one attached hydrogen (secondary N) is 2. The highest BCUT2D eigenvalue weighted by atomic mass is 16.5. The molecule has 6 heteroatoms. The molecule has 0 saturated carbocycles. The van der Waals surface area contributed by atoms with E-state index in [2.05, 4.69) is 59.0 Å². The third kappa shape index (κ3) is 6.43. The summed E-state index contributed by atoms with van der Waals surface area (Å²) in [6.07, 6.45) is 6.92. The van der Waals surface area contributed by atoms with Crippen LogP contribution in [0.4, 0.5) is 0 Å². The van der Waals surface area contributed by atoms with Crippen LogP contribution in [-0.2, 0) is 19.9 Å². The fourth-order valence-corrected chi connectivity index (χ4v) is 2.76. The quantitative estimate of drug-likeness (QED) is 0.411. The molecular weight excluding hydrogens is 326 g/mol. The van der Waals surface area contributed by atoms with Gasteiger partial charge in [0.05, 0.1) is 13.3 Å². The molecule has 2 rings (SSSR count). The molecule has 142 valence electrons. The van der Waals surface area contributed by atoms with E-state index < -0.39 is 0 Å². The summed E-state index contributed by atoms with van der Waals surface area (Å²) in [6, 6.07) is 6.36. The molecular formula is C20H31N5O. The number of aliphatic imine (C=N–C) groups is 1. The summed E-state index contributed by atoms with van der Waals surface area (Å²) in [5.74, 6) is 1.82. The van der Waals surface area contributed by atoms with Crippen LogP contribution in [0.2, 0.25) is 0 Å². The SMILES string of the molecule is CCNC(=NCCCc1cnn(C)c1)NCCc1ccc(C)c(OC)c1. The molecule has 26 heavy (non-hydrogen) atoms. The summed E-state index contributed by atoms with van der Waals surface area (Å²) < 4.78 is 7.23. The van der Waals surface area contributed by atoms with Crippen LogP contribution in [0.15, 0.2) is 35.6 Å². The molecule has 2 N–H and O–H groups in total. The maximum absolute atomic E-state index is 5.39. The second-order valence-corrected chi connectivity index (χ2v) is 6.37. The van der Waals surface area contributed by atoms with Gasteiger partial charge in [-0.2, -0.15) is 5.10 Å². The Morgan fingerprint density at radius 1 is 1.23 bits per heavy atom. The predicted octanol–water partition coefficient (Wildman–Crippen LogP) is 2.47. The Balaban J connectivity index is 1.77. The average Bonchev–Trinajstić information content (AvgIpc) is 3.05. The van der Waals surface area contributed by atoms with E-state index >= 15 is 0 Å². The first-order valence-electron chi connectivity index (χ1n) is 9.25. The highest BCUT2D eigenvalue weighted by Crippen LogP contribution is 2.18. The van der Waals surface area contributed by atoms with Crippen LogP contribution in [0, 0.1) is 6.92 Å². The van der Waals surface area contributed by atoms with Crippen molar-refractivity contribution in [1.29, 1.82) is 0 Å². The molecule has 0 aliphatic heterocycles. The molecule has 6 nitrogen and oxygen atoms in total. The Morgan fingerprint density at radius 2 is 2.08 bits per heavy atom. The number of hydrogen-bond donors (Lipinski definition) is 2. The Bertz CT molecular complexity index is 708. The summed E-state index contributed by atoms with van der Waals surface area (Å²) >= 11 is 0. The number of benzene rings is 1. The molecule has 0 amide bonds. The summed E-state index contributed by atoms with van der Waals surface area (Å²) in [5.41, 5.74) is 3.68. The Hall–Kier alpha value is -2.50. The fourth-order valence-electron chi connectivity index (χ4n) is 2.76. The first kappa shape index (κ1) is 19.8. The van der Waals surface area contributed by atoms with Gasteiger partial charge in [0.15, 0.2) is 5.96 Å². The highest BCUT2D eigenvalue weighted by molar-refractivity contribution is 5.79. The van der Waals surface area contributed by atoms with Crippen molar-refractivity contribution in [3.63, 3.8) is 0 Å². The lowest BCUT2D eigenvalue weighted by Gasteiger charge is -2.12. The smallest absolute Gasteiger partial charge is 0.191 e. The van der Waals surface area contributed by atoms with E-state index in [0.717, 1.165) is 56.2 Å². The summed E-state index contributed by atoms with van der Waals surface area (Å²) in [5, 5.41) is 10.9. The lowest BCUT2D eigenvalue weighted by Crippen LogP contribution is -2.38. The first-order valence-corrected chi connectivity index (χ1v) is 9.25. The third-order valence-electron chi connectivity index (χ3n) is 4.17. The van der Waals surface area contributed by atoms with Gasteiger partial charge in [0.2, 0.25) is 0 Å². The average molecular weight is 358 g/mol.